The maximum Gasteiger partial charge on any atom is 0.128 e. The summed E-state index contributed by atoms with van der Waals surface area (Å²) >= 11 is 0. The van der Waals surface area contributed by atoms with Gasteiger partial charge in [0.1, 0.15) is 17.0 Å². The third-order valence-electron chi connectivity index (χ3n) is 4.97. The van der Waals surface area contributed by atoms with Crippen molar-refractivity contribution in [3.63, 3.8) is 0 Å². The molecule has 0 radical (unpaired) electrons. The molecule has 1 aliphatic heterocycles. The van der Waals surface area contributed by atoms with Crippen LogP contribution in [0.3, 0.4) is 0 Å². The lowest BCUT2D eigenvalue weighted by Crippen LogP contribution is -2.44. The highest BCUT2D eigenvalue weighted by Crippen LogP contribution is 2.26. The lowest BCUT2D eigenvalue weighted by Gasteiger charge is -2.33. The Labute approximate surface area is 168 Å². The smallest absolute Gasteiger partial charge is 0.128 e. The Balaban J connectivity index is 1.34. The lowest BCUT2D eigenvalue weighted by molar-refractivity contribution is 0.253. The van der Waals surface area contributed by atoms with Gasteiger partial charge in [0.2, 0.25) is 0 Å². The first-order chi connectivity index (χ1) is 14.4. The van der Waals surface area contributed by atoms with Gasteiger partial charge in [-0.3, -0.25) is 5.01 Å². The first kappa shape index (κ1) is 17.3. The largest absolute Gasteiger partial charge is 0.353 e. The number of benzene rings is 2. The van der Waals surface area contributed by atoms with Gasteiger partial charge >= 0.3 is 0 Å². The minimum absolute atomic E-state index is 0.760. The van der Waals surface area contributed by atoms with E-state index in [4.69, 9.17) is 0 Å². The van der Waals surface area contributed by atoms with E-state index in [1.165, 1.54) is 0 Å². The molecule has 0 spiro atoms. The second-order valence-corrected chi connectivity index (χ2v) is 6.80. The van der Waals surface area contributed by atoms with Gasteiger partial charge in [-0.2, -0.15) is 0 Å². The topological polar surface area (TPSA) is 74.8 Å². The van der Waals surface area contributed by atoms with E-state index in [0.29, 0.717) is 0 Å². The summed E-state index contributed by atoms with van der Waals surface area (Å²) in [6.07, 6.45) is 1.83. The quantitative estimate of drug-likeness (QED) is 0.502. The average molecular weight is 384 g/mol. The minimum atomic E-state index is 0.760. The molecule has 0 saturated carbocycles. The van der Waals surface area contributed by atoms with Crippen molar-refractivity contribution in [1.29, 1.82) is 0 Å². The van der Waals surface area contributed by atoms with Gasteiger partial charge < -0.3 is 4.90 Å². The van der Waals surface area contributed by atoms with E-state index in [-0.39, 0.29) is 0 Å². The van der Waals surface area contributed by atoms with Crippen molar-refractivity contribution < 1.29 is 0 Å². The van der Waals surface area contributed by atoms with E-state index in [1.807, 2.05) is 82.6 Å². The molecule has 8 nitrogen and oxygen atoms in total. The molecule has 1 fully saturated rings. The summed E-state index contributed by atoms with van der Waals surface area (Å²) in [7, 11) is 0. The molecular formula is C21H20N8. The van der Waals surface area contributed by atoms with E-state index >= 15 is 0 Å². The third-order valence-corrected chi connectivity index (χ3v) is 4.97. The fraction of sp³-hybridized carbons (Fsp3) is 0.190. The number of hydrogen-bond acceptors (Lipinski definition) is 6. The number of para-hydroxylation sites is 2. The summed E-state index contributed by atoms with van der Waals surface area (Å²) in [6, 6.07) is 21.7. The summed E-state index contributed by atoms with van der Waals surface area (Å²) < 4.78 is 1.81. The molecule has 4 aromatic rings. The number of pyridine rings is 1. The first-order valence-corrected chi connectivity index (χ1v) is 9.61. The van der Waals surface area contributed by atoms with Gasteiger partial charge in [0.05, 0.1) is 24.3 Å². The average Bonchev–Trinajstić information content (AvgIpc) is 3.23. The summed E-state index contributed by atoms with van der Waals surface area (Å²) in [4.78, 5) is 6.69. The number of anilines is 1. The number of nitrogens with zero attached hydrogens (tertiary/aromatic N) is 8. The van der Waals surface area contributed by atoms with Crippen LogP contribution in [0.25, 0.3) is 16.7 Å². The Morgan fingerprint density at radius 1 is 0.793 bits per heavy atom. The molecule has 0 N–H and O–H groups in total. The molecule has 0 atom stereocenters. The van der Waals surface area contributed by atoms with Crippen molar-refractivity contribution in [3.8, 4) is 5.69 Å². The molecule has 3 heterocycles. The van der Waals surface area contributed by atoms with Gasteiger partial charge in [0.15, 0.2) is 0 Å². The van der Waals surface area contributed by atoms with E-state index < -0.39 is 0 Å². The Hall–Kier alpha value is -3.81. The fourth-order valence-corrected chi connectivity index (χ4v) is 3.44. The lowest BCUT2D eigenvalue weighted by atomic mass is 10.2. The number of hydrogen-bond donors (Lipinski definition) is 0. The predicted octanol–water partition coefficient (Wildman–Crippen LogP) is 3.64. The molecule has 8 heteroatoms. The maximum atomic E-state index is 4.52. The summed E-state index contributed by atoms with van der Waals surface area (Å²) in [6.45, 7) is 3.33. The van der Waals surface area contributed by atoms with Crippen molar-refractivity contribution in [3.05, 3.63) is 72.9 Å². The van der Waals surface area contributed by atoms with Crippen LogP contribution in [0.1, 0.15) is 0 Å². The SMILES string of the molecule is c1ccc(N2CCN(N=Nc3ccccc3-n3nnc4ccccc43)CC2)nc1. The summed E-state index contributed by atoms with van der Waals surface area (Å²) in [5.41, 5.74) is 3.41. The highest BCUT2D eigenvalue weighted by atomic mass is 15.6. The molecule has 0 bridgehead atoms. The molecule has 2 aromatic carbocycles. The standard InChI is InChI=1S/C21H20N8/c1-3-9-19(29-20-10-4-2-8-18(20)24-26-29)17(7-1)23-25-28-15-13-27(14-16-28)21-11-5-6-12-22-21/h1-12H,13-16H2. The van der Waals surface area contributed by atoms with E-state index in [9.17, 15) is 0 Å². The summed E-state index contributed by atoms with van der Waals surface area (Å²) in [5, 5.41) is 19.5. The van der Waals surface area contributed by atoms with Gasteiger partial charge in [-0.15, -0.1) is 10.2 Å². The molecule has 1 saturated heterocycles. The highest BCUT2D eigenvalue weighted by molar-refractivity contribution is 5.77. The van der Waals surface area contributed by atoms with Crippen molar-refractivity contribution >= 4 is 22.5 Å². The van der Waals surface area contributed by atoms with Gasteiger partial charge in [-0.05, 0) is 36.4 Å². The van der Waals surface area contributed by atoms with Crippen LogP contribution < -0.4 is 4.90 Å². The number of piperazine rings is 1. The van der Waals surface area contributed by atoms with Crippen LogP contribution in [-0.2, 0) is 0 Å². The highest BCUT2D eigenvalue weighted by Gasteiger charge is 2.17. The van der Waals surface area contributed by atoms with E-state index in [0.717, 1.165) is 54.4 Å². The number of fused-ring (bicyclic) bond motifs is 1. The van der Waals surface area contributed by atoms with E-state index in [1.54, 1.807) is 0 Å². The molecule has 2 aromatic heterocycles. The van der Waals surface area contributed by atoms with Crippen molar-refractivity contribution in [2.75, 3.05) is 31.1 Å². The van der Waals surface area contributed by atoms with Crippen molar-refractivity contribution in [2.24, 2.45) is 10.3 Å². The third kappa shape index (κ3) is 3.52. The normalized spacial score (nSPS) is 14.8. The summed E-state index contributed by atoms with van der Waals surface area (Å²) in [5.74, 6) is 1.01. The van der Waals surface area contributed by atoms with Gasteiger partial charge in [0.25, 0.3) is 0 Å². The van der Waals surface area contributed by atoms with Crippen molar-refractivity contribution in [1.82, 2.24) is 25.0 Å². The Morgan fingerprint density at radius 3 is 2.45 bits per heavy atom. The minimum Gasteiger partial charge on any atom is -0.353 e. The van der Waals surface area contributed by atoms with Crippen LogP contribution >= 0.6 is 0 Å². The molecule has 1 aliphatic rings. The predicted molar refractivity (Wildman–Crippen MR) is 111 cm³/mol. The van der Waals surface area contributed by atoms with Gasteiger partial charge in [-0.25, -0.2) is 9.67 Å². The molecule has 0 aliphatic carbocycles. The zero-order valence-electron chi connectivity index (χ0n) is 15.8. The zero-order valence-corrected chi connectivity index (χ0v) is 15.8. The first-order valence-electron chi connectivity index (χ1n) is 9.61. The van der Waals surface area contributed by atoms with Crippen LogP contribution in [-0.4, -0.2) is 51.2 Å². The molecule has 5 rings (SSSR count). The van der Waals surface area contributed by atoms with Crippen LogP contribution in [0.4, 0.5) is 11.5 Å². The number of rotatable bonds is 4. The Morgan fingerprint density at radius 2 is 1.59 bits per heavy atom. The Kier molecular flexibility index (Phi) is 4.57. The molecule has 0 unspecified atom stereocenters. The molecule has 0 amide bonds. The van der Waals surface area contributed by atoms with Crippen LogP contribution in [0.5, 0.6) is 0 Å². The van der Waals surface area contributed by atoms with Gasteiger partial charge in [-0.1, -0.05) is 40.8 Å². The maximum absolute atomic E-state index is 4.52. The van der Waals surface area contributed by atoms with Crippen LogP contribution in [0, 0.1) is 0 Å². The van der Waals surface area contributed by atoms with Crippen LogP contribution in [0.2, 0.25) is 0 Å². The second-order valence-electron chi connectivity index (χ2n) is 6.80. The number of aromatic nitrogens is 4. The monoisotopic (exact) mass is 384 g/mol. The van der Waals surface area contributed by atoms with Gasteiger partial charge in [0, 0.05) is 19.3 Å². The second kappa shape index (κ2) is 7.67. The van der Waals surface area contributed by atoms with E-state index in [2.05, 4.69) is 30.5 Å². The molecule has 144 valence electrons. The van der Waals surface area contributed by atoms with Crippen molar-refractivity contribution in [2.45, 2.75) is 0 Å². The molecular weight excluding hydrogens is 364 g/mol. The fourth-order valence-electron chi connectivity index (χ4n) is 3.44. The van der Waals surface area contributed by atoms with Crippen LogP contribution in [0.15, 0.2) is 83.3 Å². The Bertz CT molecular complexity index is 1130. The molecule has 29 heavy (non-hydrogen) atoms. The zero-order chi connectivity index (χ0) is 19.5.